The number of nitrogens with one attached hydrogen (secondary N) is 1. The molecule has 1 N–H and O–H groups in total. The van der Waals surface area contributed by atoms with Crippen LogP contribution >= 0.6 is 11.6 Å². The molecule has 0 spiro atoms. The van der Waals surface area contributed by atoms with Gasteiger partial charge in [-0.25, -0.2) is 0 Å². The molecule has 1 unspecified atom stereocenters. The first-order chi connectivity index (χ1) is 9.77. The van der Waals surface area contributed by atoms with E-state index >= 15 is 0 Å². The molecule has 0 radical (unpaired) electrons. The second-order valence-electron chi connectivity index (χ2n) is 4.97. The third-order valence-electron chi connectivity index (χ3n) is 3.20. The van der Waals surface area contributed by atoms with Crippen molar-refractivity contribution in [1.82, 2.24) is 0 Å². The van der Waals surface area contributed by atoms with Crippen molar-refractivity contribution in [1.29, 1.82) is 0 Å². The summed E-state index contributed by atoms with van der Waals surface area (Å²) in [4.78, 5) is 0. The van der Waals surface area contributed by atoms with Crippen LogP contribution in [-0.2, 0) is 6.18 Å². The summed E-state index contributed by atoms with van der Waals surface area (Å²) >= 11 is 5.61. The molecule has 2 aromatic rings. The predicted molar refractivity (Wildman–Crippen MR) is 79.7 cm³/mol. The first kappa shape index (κ1) is 15.7. The lowest BCUT2D eigenvalue weighted by molar-refractivity contribution is -0.137. The van der Waals surface area contributed by atoms with Gasteiger partial charge in [0.1, 0.15) is 0 Å². The van der Waals surface area contributed by atoms with Gasteiger partial charge in [-0.15, -0.1) is 0 Å². The number of rotatable bonds is 3. The van der Waals surface area contributed by atoms with Gasteiger partial charge in [0.05, 0.1) is 10.6 Å². The fraction of sp³-hybridized carbons (Fsp3) is 0.250. The van der Waals surface area contributed by atoms with Crippen LogP contribution in [0.5, 0.6) is 0 Å². The zero-order chi connectivity index (χ0) is 15.6. The van der Waals surface area contributed by atoms with Crippen molar-refractivity contribution in [2.75, 3.05) is 5.32 Å². The number of alkyl halides is 3. The van der Waals surface area contributed by atoms with Crippen LogP contribution in [0.4, 0.5) is 18.9 Å². The van der Waals surface area contributed by atoms with Crippen LogP contribution in [0.1, 0.15) is 29.7 Å². The van der Waals surface area contributed by atoms with Gasteiger partial charge < -0.3 is 5.32 Å². The summed E-state index contributed by atoms with van der Waals surface area (Å²) in [6.07, 6.45) is -4.46. The van der Waals surface area contributed by atoms with Crippen molar-refractivity contribution < 1.29 is 13.2 Å². The Bertz CT molecular complexity index is 638. The average Bonchev–Trinajstić information content (AvgIpc) is 2.39. The lowest BCUT2D eigenvalue weighted by Gasteiger charge is -2.18. The summed E-state index contributed by atoms with van der Waals surface area (Å²) in [6, 6.07) is 11.6. The van der Waals surface area contributed by atoms with Crippen LogP contribution in [0, 0.1) is 6.92 Å². The quantitative estimate of drug-likeness (QED) is 0.750. The first-order valence-corrected chi connectivity index (χ1v) is 6.85. The third kappa shape index (κ3) is 3.91. The third-order valence-corrected chi connectivity index (χ3v) is 3.53. The van der Waals surface area contributed by atoms with Gasteiger partial charge in [0.15, 0.2) is 0 Å². The molecule has 2 aromatic carbocycles. The fourth-order valence-electron chi connectivity index (χ4n) is 2.11. The van der Waals surface area contributed by atoms with E-state index in [0.29, 0.717) is 5.69 Å². The minimum absolute atomic E-state index is 0.104. The topological polar surface area (TPSA) is 12.0 Å². The van der Waals surface area contributed by atoms with Crippen molar-refractivity contribution in [3.63, 3.8) is 0 Å². The number of aryl methyl sites for hydroxylation is 1. The van der Waals surface area contributed by atoms with Crippen molar-refractivity contribution in [2.24, 2.45) is 0 Å². The van der Waals surface area contributed by atoms with Crippen molar-refractivity contribution in [3.8, 4) is 0 Å². The Kier molecular flexibility index (Phi) is 4.47. The average molecular weight is 314 g/mol. The largest absolute Gasteiger partial charge is 0.417 e. The van der Waals surface area contributed by atoms with E-state index in [2.05, 4.69) is 5.32 Å². The fourth-order valence-corrected chi connectivity index (χ4v) is 2.33. The van der Waals surface area contributed by atoms with E-state index in [1.807, 2.05) is 38.1 Å². The lowest BCUT2D eigenvalue weighted by atomic mass is 10.1. The predicted octanol–water partition coefficient (Wildman–Crippen LogP) is 5.84. The monoisotopic (exact) mass is 313 g/mol. The summed E-state index contributed by atoms with van der Waals surface area (Å²) in [5.41, 5.74) is 1.68. The molecule has 112 valence electrons. The molecule has 0 aliphatic carbocycles. The highest BCUT2D eigenvalue weighted by Crippen LogP contribution is 2.36. The Morgan fingerprint density at radius 2 is 1.81 bits per heavy atom. The van der Waals surface area contributed by atoms with Crippen LogP contribution in [0.15, 0.2) is 42.5 Å². The van der Waals surface area contributed by atoms with Gasteiger partial charge in [0.25, 0.3) is 0 Å². The van der Waals surface area contributed by atoms with E-state index in [1.54, 1.807) is 6.07 Å². The summed E-state index contributed by atoms with van der Waals surface area (Å²) in [5, 5.41) is 2.77. The van der Waals surface area contributed by atoms with E-state index in [0.717, 1.165) is 17.2 Å². The SMILES string of the molecule is Cc1cccc(C(C)Nc2ccc(Cl)c(C(F)(F)F)c2)c1. The molecular weight excluding hydrogens is 299 g/mol. The Balaban J connectivity index is 2.24. The Morgan fingerprint density at radius 3 is 2.43 bits per heavy atom. The Morgan fingerprint density at radius 1 is 1.10 bits per heavy atom. The summed E-state index contributed by atoms with van der Waals surface area (Å²) in [7, 11) is 0. The molecule has 0 aliphatic heterocycles. The van der Waals surface area contributed by atoms with E-state index in [-0.39, 0.29) is 11.1 Å². The summed E-state index contributed by atoms with van der Waals surface area (Å²) in [5.74, 6) is 0. The van der Waals surface area contributed by atoms with E-state index in [1.165, 1.54) is 6.07 Å². The highest BCUT2D eigenvalue weighted by atomic mass is 35.5. The first-order valence-electron chi connectivity index (χ1n) is 6.47. The highest BCUT2D eigenvalue weighted by Gasteiger charge is 2.33. The number of halogens is 4. The van der Waals surface area contributed by atoms with E-state index < -0.39 is 11.7 Å². The van der Waals surface area contributed by atoms with E-state index in [9.17, 15) is 13.2 Å². The van der Waals surface area contributed by atoms with Gasteiger partial charge in [0.2, 0.25) is 0 Å². The molecule has 1 nitrogen and oxygen atoms in total. The Labute approximate surface area is 126 Å². The molecule has 1 atom stereocenters. The minimum Gasteiger partial charge on any atom is -0.379 e. The Hall–Kier alpha value is -1.68. The maximum Gasteiger partial charge on any atom is 0.417 e. The maximum absolute atomic E-state index is 12.8. The highest BCUT2D eigenvalue weighted by molar-refractivity contribution is 6.31. The molecule has 0 fully saturated rings. The van der Waals surface area contributed by atoms with Crippen LogP contribution < -0.4 is 5.32 Å². The maximum atomic E-state index is 12.8. The number of hydrogen-bond donors (Lipinski definition) is 1. The van der Waals surface area contributed by atoms with E-state index in [4.69, 9.17) is 11.6 Å². The molecule has 0 saturated carbocycles. The van der Waals surface area contributed by atoms with Crippen LogP contribution in [0.25, 0.3) is 0 Å². The minimum atomic E-state index is -4.46. The van der Waals surface area contributed by atoms with Crippen molar-refractivity contribution in [3.05, 3.63) is 64.2 Å². The summed E-state index contributed by atoms with van der Waals surface area (Å²) in [6.45, 7) is 3.87. The standard InChI is InChI=1S/C16H15ClF3N/c1-10-4-3-5-12(8-10)11(2)21-13-6-7-15(17)14(9-13)16(18,19)20/h3-9,11,21H,1-2H3. The second kappa shape index (κ2) is 5.98. The van der Waals surface area contributed by atoms with Crippen LogP contribution in [0.3, 0.4) is 0 Å². The zero-order valence-corrected chi connectivity index (χ0v) is 12.4. The molecule has 21 heavy (non-hydrogen) atoms. The number of hydrogen-bond acceptors (Lipinski definition) is 1. The molecule has 2 rings (SSSR count). The van der Waals surface area contributed by atoms with Gasteiger partial charge in [0, 0.05) is 11.7 Å². The van der Waals surface area contributed by atoms with Gasteiger partial charge in [-0.1, -0.05) is 41.4 Å². The molecule has 0 aliphatic rings. The molecule has 0 saturated heterocycles. The molecule has 0 heterocycles. The molecule has 0 bridgehead atoms. The molecule has 0 aromatic heterocycles. The second-order valence-corrected chi connectivity index (χ2v) is 5.38. The van der Waals surface area contributed by atoms with Crippen LogP contribution in [0.2, 0.25) is 5.02 Å². The lowest BCUT2D eigenvalue weighted by Crippen LogP contribution is -2.10. The van der Waals surface area contributed by atoms with Gasteiger partial charge in [-0.2, -0.15) is 13.2 Å². The smallest absolute Gasteiger partial charge is 0.379 e. The number of anilines is 1. The number of benzene rings is 2. The van der Waals surface area contributed by atoms with Crippen molar-refractivity contribution >= 4 is 17.3 Å². The molecule has 5 heteroatoms. The zero-order valence-electron chi connectivity index (χ0n) is 11.6. The van der Waals surface area contributed by atoms with Gasteiger partial charge in [-0.3, -0.25) is 0 Å². The van der Waals surface area contributed by atoms with Crippen molar-refractivity contribution in [2.45, 2.75) is 26.1 Å². The normalized spacial score (nSPS) is 13.0. The van der Waals surface area contributed by atoms with Crippen LogP contribution in [-0.4, -0.2) is 0 Å². The summed E-state index contributed by atoms with van der Waals surface area (Å²) < 4.78 is 38.5. The van der Waals surface area contributed by atoms with Gasteiger partial charge >= 0.3 is 6.18 Å². The molecule has 0 amide bonds. The molecular formula is C16H15ClF3N. The van der Waals surface area contributed by atoms with Gasteiger partial charge in [-0.05, 0) is 37.6 Å².